The van der Waals surface area contributed by atoms with Crippen molar-refractivity contribution < 1.29 is 9.53 Å². The standard InChI is InChI=1S/C13H18N6O2/c1-3-19-8-14-17-13(19)16-12(20)10-4-5-21-11(10)9-6-15-18(2)7-9/h6-8,10-11H,3-5H2,1-2H3,(H,16,17,20)/t10-,11+/m0/s1. The number of hydrogen-bond acceptors (Lipinski definition) is 5. The summed E-state index contributed by atoms with van der Waals surface area (Å²) in [6.45, 7) is 3.24. The summed E-state index contributed by atoms with van der Waals surface area (Å²) in [5.41, 5.74) is 0.923. The summed E-state index contributed by atoms with van der Waals surface area (Å²) in [7, 11) is 1.84. The molecule has 1 amide bonds. The Morgan fingerprint density at radius 3 is 3.14 bits per heavy atom. The second-order valence-electron chi connectivity index (χ2n) is 5.06. The summed E-state index contributed by atoms with van der Waals surface area (Å²) in [6.07, 6.45) is 5.65. The van der Waals surface area contributed by atoms with Crippen molar-refractivity contribution in [2.24, 2.45) is 13.0 Å². The molecule has 2 aromatic heterocycles. The minimum atomic E-state index is -0.253. The lowest BCUT2D eigenvalue weighted by Gasteiger charge is -2.16. The molecule has 1 aliphatic heterocycles. The molecule has 2 atom stereocenters. The number of rotatable bonds is 4. The third-order valence-electron chi connectivity index (χ3n) is 3.67. The zero-order valence-corrected chi connectivity index (χ0v) is 12.1. The molecule has 0 spiro atoms. The lowest BCUT2D eigenvalue weighted by Crippen LogP contribution is -2.26. The fourth-order valence-electron chi connectivity index (χ4n) is 2.56. The van der Waals surface area contributed by atoms with E-state index in [0.717, 1.165) is 5.56 Å². The van der Waals surface area contributed by atoms with Crippen LogP contribution in [-0.4, -0.2) is 37.1 Å². The van der Waals surface area contributed by atoms with Crippen LogP contribution in [0.15, 0.2) is 18.7 Å². The van der Waals surface area contributed by atoms with Crippen LogP contribution in [-0.2, 0) is 23.1 Å². The van der Waals surface area contributed by atoms with Crippen LogP contribution in [0.3, 0.4) is 0 Å². The first-order chi connectivity index (χ1) is 10.2. The van der Waals surface area contributed by atoms with Gasteiger partial charge in [0.05, 0.1) is 18.2 Å². The van der Waals surface area contributed by atoms with E-state index in [0.29, 0.717) is 25.5 Å². The molecule has 1 N–H and O–H groups in total. The smallest absolute Gasteiger partial charge is 0.232 e. The number of amides is 1. The number of anilines is 1. The highest BCUT2D eigenvalue weighted by atomic mass is 16.5. The third-order valence-corrected chi connectivity index (χ3v) is 3.67. The maximum atomic E-state index is 12.5. The van der Waals surface area contributed by atoms with E-state index in [4.69, 9.17) is 4.74 Å². The van der Waals surface area contributed by atoms with Gasteiger partial charge in [0.15, 0.2) is 0 Å². The van der Waals surface area contributed by atoms with Crippen molar-refractivity contribution in [1.82, 2.24) is 24.5 Å². The van der Waals surface area contributed by atoms with Crippen LogP contribution < -0.4 is 5.32 Å². The second kappa shape index (κ2) is 5.65. The highest BCUT2D eigenvalue weighted by molar-refractivity contribution is 5.91. The number of aromatic nitrogens is 5. The zero-order chi connectivity index (χ0) is 14.8. The number of carbonyl (C=O) groups excluding carboxylic acids is 1. The van der Waals surface area contributed by atoms with Gasteiger partial charge in [0.25, 0.3) is 0 Å². The fraction of sp³-hybridized carbons (Fsp3) is 0.538. The summed E-state index contributed by atoms with van der Waals surface area (Å²) in [4.78, 5) is 12.5. The quantitative estimate of drug-likeness (QED) is 0.897. The van der Waals surface area contributed by atoms with Gasteiger partial charge in [0.2, 0.25) is 11.9 Å². The minimum absolute atomic E-state index is 0.0935. The molecule has 112 valence electrons. The van der Waals surface area contributed by atoms with E-state index >= 15 is 0 Å². The van der Waals surface area contributed by atoms with Crippen molar-refractivity contribution in [3.63, 3.8) is 0 Å². The number of aryl methyl sites for hydroxylation is 2. The van der Waals surface area contributed by atoms with Gasteiger partial charge >= 0.3 is 0 Å². The average molecular weight is 290 g/mol. The SMILES string of the molecule is CCn1cnnc1NC(=O)[C@H]1CCO[C@@H]1c1cnn(C)c1. The van der Waals surface area contributed by atoms with Gasteiger partial charge in [-0.05, 0) is 13.3 Å². The first-order valence-electron chi connectivity index (χ1n) is 6.98. The molecule has 0 radical (unpaired) electrons. The number of hydrogen-bond donors (Lipinski definition) is 1. The van der Waals surface area contributed by atoms with E-state index in [2.05, 4.69) is 20.6 Å². The van der Waals surface area contributed by atoms with Gasteiger partial charge in [-0.2, -0.15) is 5.10 Å². The molecular weight excluding hydrogens is 272 g/mol. The number of ether oxygens (including phenoxy) is 1. The summed E-state index contributed by atoms with van der Waals surface area (Å²) < 4.78 is 9.20. The van der Waals surface area contributed by atoms with Gasteiger partial charge in [0.1, 0.15) is 6.33 Å². The van der Waals surface area contributed by atoms with Crippen LogP contribution in [0.1, 0.15) is 25.0 Å². The predicted octanol–water partition coefficient (Wildman–Crippen LogP) is 0.748. The molecule has 3 heterocycles. The van der Waals surface area contributed by atoms with Gasteiger partial charge in [-0.3, -0.25) is 14.8 Å². The molecule has 0 saturated carbocycles. The lowest BCUT2D eigenvalue weighted by molar-refractivity contribution is -0.121. The van der Waals surface area contributed by atoms with Crippen LogP contribution in [0.25, 0.3) is 0 Å². The fourth-order valence-corrected chi connectivity index (χ4v) is 2.56. The molecule has 0 aliphatic carbocycles. The second-order valence-corrected chi connectivity index (χ2v) is 5.06. The normalized spacial score (nSPS) is 21.6. The monoisotopic (exact) mass is 290 g/mol. The van der Waals surface area contributed by atoms with Crippen LogP contribution >= 0.6 is 0 Å². The Morgan fingerprint density at radius 1 is 1.57 bits per heavy atom. The predicted molar refractivity (Wildman–Crippen MR) is 74.3 cm³/mol. The first kappa shape index (κ1) is 13.7. The Morgan fingerprint density at radius 2 is 2.43 bits per heavy atom. The molecule has 21 heavy (non-hydrogen) atoms. The van der Waals surface area contributed by atoms with Crippen molar-refractivity contribution in [3.05, 3.63) is 24.3 Å². The summed E-state index contributed by atoms with van der Waals surface area (Å²) >= 11 is 0. The van der Waals surface area contributed by atoms with E-state index in [1.165, 1.54) is 0 Å². The van der Waals surface area contributed by atoms with Gasteiger partial charge in [-0.15, -0.1) is 10.2 Å². The molecule has 1 saturated heterocycles. The van der Waals surface area contributed by atoms with Gasteiger partial charge in [-0.1, -0.05) is 0 Å². The molecule has 0 aromatic carbocycles. The first-order valence-corrected chi connectivity index (χ1v) is 6.98. The van der Waals surface area contributed by atoms with E-state index in [-0.39, 0.29) is 17.9 Å². The van der Waals surface area contributed by atoms with Crippen molar-refractivity contribution in [3.8, 4) is 0 Å². The van der Waals surface area contributed by atoms with Crippen LogP contribution in [0.5, 0.6) is 0 Å². The maximum Gasteiger partial charge on any atom is 0.232 e. The van der Waals surface area contributed by atoms with Crippen molar-refractivity contribution in [2.45, 2.75) is 26.0 Å². The minimum Gasteiger partial charge on any atom is -0.373 e. The summed E-state index contributed by atoms with van der Waals surface area (Å²) in [6, 6.07) is 0. The molecule has 0 bridgehead atoms. The van der Waals surface area contributed by atoms with Crippen molar-refractivity contribution >= 4 is 11.9 Å². The van der Waals surface area contributed by atoms with E-state index in [9.17, 15) is 4.79 Å². The van der Waals surface area contributed by atoms with E-state index in [1.807, 2.05) is 20.2 Å². The molecule has 1 aliphatic rings. The molecule has 3 rings (SSSR count). The molecule has 1 fully saturated rings. The van der Waals surface area contributed by atoms with Crippen molar-refractivity contribution in [2.75, 3.05) is 11.9 Å². The number of nitrogens with one attached hydrogen (secondary N) is 1. The third kappa shape index (κ3) is 2.66. The van der Waals surface area contributed by atoms with Crippen LogP contribution in [0.4, 0.5) is 5.95 Å². The van der Waals surface area contributed by atoms with E-state index < -0.39 is 0 Å². The summed E-state index contributed by atoms with van der Waals surface area (Å²) in [5, 5.41) is 14.7. The Hall–Kier alpha value is -2.22. The molecular formula is C13H18N6O2. The Labute approximate surface area is 122 Å². The maximum absolute atomic E-state index is 12.5. The van der Waals surface area contributed by atoms with Crippen molar-refractivity contribution in [1.29, 1.82) is 0 Å². The average Bonchev–Trinajstić information content (AvgIpc) is 3.17. The van der Waals surface area contributed by atoms with Gasteiger partial charge < -0.3 is 9.30 Å². The highest BCUT2D eigenvalue weighted by Crippen LogP contribution is 2.34. The lowest BCUT2D eigenvalue weighted by atomic mass is 9.96. The van der Waals surface area contributed by atoms with Gasteiger partial charge in [0, 0.05) is 32.0 Å². The van der Waals surface area contributed by atoms with Gasteiger partial charge in [-0.25, -0.2) is 0 Å². The summed E-state index contributed by atoms with van der Waals surface area (Å²) in [5.74, 6) is 0.139. The molecule has 2 aromatic rings. The largest absolute Gasteiger partial charge is 0.373 e. The highest BCUT2D eigenvalue weighted by Gasteiger charge is 2.36. The van der Waals surface area contributed by atoms with Crippen LogP contribution in [0.2, 0.25) is 0 Å². The topological polar surface area (TPSA) is 86.9 Å². The zero-order valence-electron chi connectivity index (χ0n) is 12.1. The Kier molecular flexibility index (Phi) is 3.70. The number of nitrogens with zero attached hydrogens (tertiary/aromatic N) is 5. The Bertz CT molecular complexity index is 634. The van der Waals surface area contributed by atoms with E-state index in [1.54, 1.807) is 21.8 Å². The van der Waals surface area contributed by atoms with Crippen LogP contribution in [0, 0.1) is 5.92 Å². The molecule has 8 nitrogen and oxygen atoms in total. The molecule has 0 unspecified atom stereocenters. The number of carbonyl (C=O) groups is 1. The molecule has 8 heteroatoms. The Balaban J connectivity index is 1.74.